The number of hydrogen-bond donors (Lipinski definition) is 3. The molecule has 9 heteroatoms. The number of thioether (sulfide) groups is 1. The molecule has 0 fully saturated rings. The standard InChI is InChI=1S/C18H18N4O4S/c1-10-3-4-12(11(2)5-10)8-27-14-6-13(23)16(17-20-9-21-22(14)17)18(26)19-7-15(24)25/h3-6,9,23H,7-8H2,1-2H3,(H,19,26)(H,24,25). The molecule has 0 aliphatic rings. The fourth-order valence-electron chi connectivity index (χ4n) is 2.66. The molecular weight excluding hydrogens is 368 g/mol. The Morgan fingerprint density at radius 1 is 1.26 bits per heavy atom. The van der Waals surface area contributed by atoms with Gasteiger partial charge in [-0.05, 0) is 25.0 Å². The lowest BCUT2D eigenvalue weighted by atomic mass is 10.1. The van der Waals surface area contributed by atoms with Gasteiger partial charge >= 0.3 is 5.97 Å². The second kappa shape index (κ2) is 7.67. The third-order valence-electron chi connectivity index (χ3n) is 4.00. The lowest BCUT2D eigenvalue weighted by Gasteiger charge is -2.11. The molecule has 0 saturated heterocycles. The van der Waals surface area contributed by atoms with Crippen LogP contribution in [0, 0.1) is 13.8 Å². The highest BCUT2D eigenvalue weighted by molar-refractivity contribution is 7.98. The number of rotatable bonds is 6. The first-order valence-electron chi connectivity index (χ1n) is 8.11. The maximum absolute atomic E-state index is 12.2. The van der Waals surface area contributed by atoms with Crippen LogP contribution in [-0.4, -0.2) is 43.2 Å². The molecular formula is C18H18N4O4S. The number of carbonyl (C=O) groups is 2. The Kier molecular flexibility index (Phi) is 5.31. The predicted octanol–water partition coefficient (Wildman–Crippen LogP) is 2.16. The molecule has 8 nitrogen and oxygen atoms in total. The molecule has 0 saturated carbocycles. The van der Waals surface area contributed by atoms with Crippen LogP contribution in [0.1, 0.15) is 27.0 Å². The summed E-state index contributed by atoms with van der Waals surface area (Å²) in [5.74, 6) is -1.52. The van der Waals surface area contributed by atoms with Crippen molar-refractivity contribution in [2.45, 2.75) is 24.6 Å². The largest absolute Gasteiger partial charge is 0.507 e. The number of hydrogen-bond acceptors (Lipinski definition) is 6. The summed E-state index contributed by atoms with van der Waals surface area (Å²) in [7, 11) is 0. The Bertz CT molecular complexity index is 1030. The van der Waals surface area contributed by atoms with Crippen LogP contribution in [0.4, 0.5) is 0 Å². The average molecular weight is 386 g/mol. The summed E-state index contributed by atoms with van der Waals surface area (Å²) < 4.78 is 1.46. The fourth-order valence-corrected chi connectivity index (χ4v) is 3.74. The summed E-state index contributed by atoms with van der Waals surface area (Å²) >= 11 is 1.46. The van der Waals surface area contributed by atoms with Crippen molar-refractivity contribution in [2.75, 3.05) is 6.54 Å². The van der Waals surface area contributed by atoms with Crippen molar-refractivity contribution in [3.8, 4) is 5.75 Å². The van der Waals surface area contributed by atoms with Crippen LogP contribution >= 0.6 is 11.8 Å². The Labute approximate surface area is 159 Å². The van der Waals surface area contributed by atoms with Gasteiger partial charge in [-0.1, -0.05) is 23.8 Å². The topological polar surface area (TPSA) is 117 Å². The molecule has 2 aromatic heterocycles. The van der Waals surface area contributed by atoms with E-state index in [2.05, 4.69) is 27.5 Å². The van der Waals surface area contributed by atoms with Crippen LogP contribution < -0.4 is 5.32 Å². The van der Waals surface area contributed by atoms with E-state index in [0.717, 1.165) is 5.56 Å². The molecule has 140 valence electrons. The summed E-state index contributed by atoms with van der Waals surface area (Å²) in [6, 6.07) is 7.64. The van der Waals surface area contributed by atoms with E-state index in [1.165, 1.54) is 39.8 Å². The van der Waals surface area contributed by atoms with E-state index in [4.69, 9.17) is 5.11 Å². The highest BCUT2D eigenvalue weighted by Crippen LogP contribution is 2.31. The maximum Gasteiger partial charge on any atom is 0.322 e. The van der Waals surface area contributed by atoms with E-state index in [9.17, 15) is 14.7 Å². The van der Waals surface area contributed by atoms with Gasteiger partial charge in [0.25, 0.3) is 5.91 Å². The first-order chi connectivity index (χ1) is 12.9. The van der Waals surface area contributed by atoms with Gasteiger partial charge in [0, 0.05) is 11.8 Å². The number of aliphatic carboxylic acids is 1. The van der Waals surface area contributed by atoms with Gasteiger partial charge in [0.15, 0.2) is 5.65 Å². The molecule has 27 heavy (non-hydrogen) atoms. The molecule has 3 aromatic rings. The zero-order valence-electron chi connectivity index (χ0n) is 14.8. The number of aromatic hydroxyl groups is 1. The summed E-state index contributed by atoms with van der Waals surface area (Å²) in [5.41, 5.74) is 3.58. The summed E-state index contributed by atoms with van der Waals surface area (Å²) in [6.07, 6.45) is 1.28. The predicted molar refractivity (Wildman–Crippen MR) is 100 cm³/mol. The van der Waals surface area contributed by atoms with Crippen LogP contribution in [0.5, 0.6) is 5.75 Å². The van der Waals surface area contributed by atoms with E-state index in [1.807, 2.05) is 19.9 Å². The number of amides is 1. The van der Waals surface area contributed by atoms with Crippen LogP contribution in [0.2, 0.25) is 0 Å². The van der Waals surface area contributed by atoms with E-state index >= 15 is 0 Å². The number of pyridine rings is 1. The highest BCUT2D eigenvalue weighted by atomic mass is 32.2. The van der Waals surface area contributed by atoms with Crippen LogP contribution in [0.25, 0.3) is 5.65 Å². The van der Waals surface area contributed by atoms with Gasteiger partial charge in [-0.3, -0.25) is 9.59 Å². The number of carboxylic acids is 1. The normalized spacial score (nSPS) is 10.9. The Balaban J connectivity index is 1.89. The van der Waals surface area contributed by atoms with Gasteiger partial charge in [-0.25, -0.2) is 9.50 Å². The van der Waals surface area contributed by atoms with Gasteiger partial charge in [0.05, 0.1) is 0 Å². The number of fused-ring (bicyclic) bond motifs is 1. The summed E-state index contributed by atoms with van der Waals surface area (Å²) in [4.78, 5) is 26.9. The molecule has 1 aromatic carbocycles. The SMILES string of the molecule is Cc1ccc(CSc2cc(O)c(C(=O)NCC(=O)O)c3ncnn23)c(C)c1. The highest BCUT2D eigenvalue weighted by Gasteiger charge is 2.21. The van der Waals surface area contributed by atoms with Crippen LogP contribution in [-0.2, 0) is 10.5 Å². The maximum atomic E-state index is 12.2. The molecule has 0 bridgehead atoms. The first kappa shape index (κ1) is 18.7. The van der Waals surface area contributed by atoms with Crippen molar-refractivity contribution in [1.82, 2.24) is 19.9 Å². The number of nitrogens with one attached hydrogen (secondary N) is 1. The third kappa shape index (κ3) is 4.03. The van der Waals surface area contributed by atoms with Crippen molar-refractivity contribution in [1.29, 1.82) is 0 Å². The summed E-state index contributed by atoms with van der Waals surface area (Å²) in [5, 5.41) is 26.0. The Hall–Kier alpha value is -3.07. The second-order valence-electron chi connectivity index (χ2n) is 6.03. The number of aryl methyl sites for hydroxylation is 2. The van der Waals surface area contributed by atoms with Gasteiger partial charge in [0.2, 0.25) is 0 Å². The smallest absolute Gasteiger partial charge is 0.322 e. The van der Waals surface area contributed by atoms with E-state index in [1.54, 1.807) is 0 Å². The molecule has 0 spiro atoms. The lowest BCUT2D eigenvalue weighted by molar-refractivity contribution is -0.135. The minimum absolute atomic E-state index is 0.107. The Morgan fingerprint density at radius 2 is 2.04 bits per heavy atom. The zero-order valence-corrected chi connectivity index (χ0v) is 15.6. The molecule has 0 aliphatic heterocycles. The number of nitrogens with zero attached hydrogens (tertiary/aromatic N) is 3. The minimum Gasteiger partial charge on any atom is -0.507 e. The molecule has 0 radical (unpaired) electrons. The summed E-state index contributed by atoms with van der Waals surface area (Å²) in [6.45, 7) is 3.53. The molecule has 0 atom stereocenters. The van der Waals surface area contributed by atoms with Crippen molar-refractivity contribution in [3.05, 3.63) is 52.8 Å². The van der Waals surface area contributed by atoms with Gasteiger partial charge < -0.3 is 15.5 Å². The Morgan fingerprint density at radius 3 is 2.74 bits per heavy atom. The number of carbonyl (C=O) groups excluding carboxylic acids is 1. The third-order valence-corrected chi connectivity index (χ3v) is 5.04. The number of aromatic nitrogens is 3. The van der Waals surface area contributed by atoms with Gasteiger partial charge in [-0.2, -0.15) is 5.10 Å². The lowest BCUT2D eigenvalue weighted by Crippen LogP contribution is -2.29. The van der Waals surface area contributed by atoms with E-state index in [0.29, 0.717) is 10.8 Å². The molecule has 2 heterocycles. The molecule has 0 aliphatic carbocycles. The number of carboxylic acid groups (broad SMARTS) is 1. The molecule has 3 rings (SSSR count). The number of benzene rings is 1. The van der Waals surface area contributed by atoms with E-state index < -0.39 is 18.4 Å². The fraction of sp³-hybridized carbons (Fsp3) is 0.222. The monoisotopic (exact) mass is 386 g/mol. The molecule has 0 unspecified atom stereocenters. The van der Waals surface area contributed by atoms with Crippen molar-refractivity contribution in [2.24, 2.45) is 0 Å². The molecule has 1 amide bonds. The van der Waals surface area contributed by atoms with Gasteiger partial charge in [-0.15, -0.1) is 11.8 Å². The van der Waals surface area contributed by atoms with Crippen LogP contribution in [0.15, 0.2) is 35.6 Å². The van der Waals surface area contributed by atoms with Gasteiger partial charge in [0.1, 0.15) is 29.2 Å². The van der Waals surface area contributed by atoms with Crippen molar-refractivity contribution < 1.29 is 19.8 Å². The van der Waals surface area contributed by atoms with Crippen LogP contribution in [0.3, 0.4) is 0 Å². The zero-order chi connectivity index (χ0) is 19.6. The average Bonchev–Trinajstić information content (AvgIpc) is 3.08. The van der Waals surface area contributed by atoms with E-state index in [-0.39, 0.29) is 17.0 Å². The second-order valence-corrected chi connectivity index (χ2v) is 7.03. The quantitative estimate of drug-likeness (QED) is 0.556. The minimum atomic E-state index is -1.18. The van der Waals surface area contributed by atoms with Crippen molar-refractivity contribution in [3.63, 3.8) is 0 Å². The van der Waals surface area contributed by atoms with Crippen molar-refractivity contribution >= 4 is 29.3 Å². The first-order valence-corrected chi connectivity index (χ1v) is 9.10. The molecule has 3 N–H and O–H groups in total.